The molecule has 0 bridgehead atoms. The molecule has 2 aromatic carbocycles. The number of sulfonamides is 1. The number of unbranched alkanes of at least 4 members (excludes halogenated alkanes) is 3. The molecule has 0 aliphatic carbocycles. The van der Waals surface area contributed by atoms with E-state index in [1.54, 1.807) is 24.3 Å². The zero-order valence-electron chi connectivity index (χ0n) is 17.5. The Labute approximate surface area is 174 Å². The van der Waals surface area contributed by atoms with Gasteiger partial charge in [-0.25, -0.2) is 12.8 Å². The summed E-state index contributed by atoms with van der Waals surface area (Å²) < 4.78 is 45.3. The molecule has 0 spiro atoms. The van der Waals surface area contributed by atoms with E-state index in [-0.39, 0.29) is 4.90 Å². The van der Waals surface area contributed by atoms with E-state index < -0.39 is 15.8 Å². The zero-order valence-corrected chi connectivity index (χ0v) is 18.3. The first-order valence-electron chi connectivity index (χ1n) is 10.0. The summed E-state index contributed by atoms with van der Waals surface area (Å²) in [6.07, 6.45) is 4.53. The molecule has 0 atom stereocenters. The van der Waals surface area contributed by atoms with Gasteiger partial charge in [0.15, 0.2) is 0 Å². The molecule has 160 valence electrons. The number of hydrogen-bond acceptors (Lipinski definition) is 4. The van der Waals surface area contributed by atoms with E-state index in [0.29, 0.717) is 18.0 Å². The normalized spacial score (nSPS) is 11.6. The first-order chi connectivity index (χ1) is 13.8. The maximum atomic E-state index is 13.1. The van der Waals surface area contributed by atoms with Crippen molar-refractivity contribution in [2.45, 2.75) is 37.5 Å². The van der Waals surface area contributed by atoms with Crippen LogP contribution in [0.2, 0.25) is 0 Å². The van der Waals surface area contributed by atoms with Gasteiger partial charge < -0.3 is 9.64 Å². The van der Waals surface area contributed by atoms with Crippen LogP contribution in [-0.4, -0.2) is 47.1 Å². The Bertz CT molecular complexity index is 839. The van der Waals surface area contributed by atoms with Crippen LogP contribution in [-0.2, 0) is 10.0 Å². The lowest BCUT2D eigenvalue weighted by molar-refractivity contribution is 0.299. The molecule has 0 N–H and O–H groups in total. The molecule has 0 fully saturated rings. The summed E-state index contributed by atoms with van der Waals surface area (Å²) in [4.78, 5) is 2.36. The van der Waals surface area contributed by atoms with E-state index in [4.69, 9.17) is 4.74 Å². The third-order valence-corrected chi connectivity index (χ3v) is 6.71. The Balaban J connectivity index is 1.81. The van der Waals surface area contributed by atoms with Gasteiger partial charge >= 0.3 is 0 Å². The molecule has 0 radical (unpaired) electrons. The van der Waals surface area contributed by atoms with Crippen LogP contribution in [0.3, 0.4) is 0 Å². The standard InChI is InChI=1S/C22H31FN2O3S/c1-4-24(2)17-7-5-6-8-18-28-21-13-11-20(12-14-21)25(3)29(26,27)22-15-9-19(23)10-16-22/h9-16H,4-8,17-18H2,1-3H3. The number of hydrogen-bond donors (Lipinski definition) is 0. The molecule has 0 unspecified atom stereocenters. The van der Waals surface area contributed by atoms with Crippen LogP contribution in [0.1, 0.15) is 32.6 Å². The molecular weight excluding hydrogens is 391 g/mol. The average molecular weight is 423 g/mol. The molecule has 2 aromatic rings. The van der Waals surface area contributed by atoms with Crippen LogP contribution in [0.4, 0.5) is 10.1 Å². The second-order valence-electron chi connectivity index (χ2n) is 7.08. The minimum atomic E-state index is -3.74. The van der Waals surface area contributed by atoms with Crippen molar-refractivity contribution in [3.63, 3.8) is 0 Å². The molecule has 5 nitrogen and oxygen atoms in total. The fraction of sp³-hybridized carbons (Fsp3) is 0.455. The monoisotopic (exact) mass is 422 g/mol. The summed E-state index contributed by atoms with van der Waals surface area (Å²) in [6, 6.07) is 11.7. The lowest BCUT2D eigenvalue weighted by Gasteiger charge is -2.20. The highest BCUT2D eigenvalue weighted by Gasteiger charge is 2.21. The first kappa shape index (κ1) is 23.2. The lowest BCUT2D eigenvalue weighted by atomic mass is 10.2. The van der Waals surface area contributed by atoms with Gasteiger partial charge in [0, 0.05) is 7.05 Å². The van der Waals surface area contributed by atoms with Crippen molar-refractivity contribution in [3.05, 3.63) is 54.3 Å². The van der Waals surface area contributed by atoms with Gasteiger partial charge in [-0.2, -0.15) is 0 Å². The second kappa shape index (κ2) is 11.2. The molecular formula is C22H31FN2O3S. The van der Waals surface area contributed by atoms with E-state index in [2.05, 4.69) is 18.9 Å². The summed E-state index contributed by atoms with van der Waals surface area (Å²) in [7, 11) is -0.126. The predicted octanol–water partition coefficient (Wildman–Crippen LogP) is 4.54. The Hall–Kier alpha value is -2.12. The second-order valence-corrected chi connectivity index (χ2v) is 9.05. The van der Waals surface area contributed by atoms with Gasteiger partial charge in [0.2, 0.25) is 0 Å². The Morgan fingerprint density at radius 1 is 0.897 bits per heavy atom. The van der Waals surface area contributed by atoms with Crippen molar-refractivity contribution in [2.24, 2.45) is 0 Å². The summed E-state index contributed by atoms with van der Waals surface area (Å²) >= 11 is 0. The largest absolute Gasteiger partial charge is 0.494 e. The van der Waals surface area contributed by atoms with E-state index in [1.165, 1.54) is 36.3 Å². The van der Waals surface area contributed by atoms with Crippen LogP contribution < -0.4 is 9.04 Å². The van der Waals surface area contributed by atoms with Gasteiger partial charge in [-0.1, -0.05) is 19.8 Å². The third-order valence-electron chi connectivity index (χ3n) is 4.92. The maximum Gasteiger partial charge on any atom is 0.264 e. The minimum absolute atomic E-state index is 0.0480. The highest BCUT2D eigenvalue weighted by Crippen LogP contribution is 2.24. The Kier molecular flexibility index (Phi) is 8.92. The topological polar surface area (TPSA) is 49.9 Å². The molecule has 0 saturated carbocycles. The van der Waals surface area contributed by atoms with Gasteiger partial charge in [-0.3, -0.25) is 4.31 Å². The van der Waals surface area contributed by atoms with E-state index in [1.807, 2.05) is 0 Å². The van der Waals surface area contributed by atoms with Gasteiger partial charge in [0.1, 0.15) is 11.6 Å². The molecule has 2 rings (SSSR count). The quantitative estimate of drug-likeness (QED) is 0.471. The fourth-order valence-electron chi connectivity index (χ4n) is 2.84. The third kappa shape index (κ3) is 7.01. The Morgan fingerprint density at radius 3 is 2.14 bits per heavy atom. The summed E-state index contributed by atoms with van der Waals surface area (Å²) in [6.45, 7) is 5.02. The van der Waals surface area contributed by atoms with Gasteiger partial charge in [-0.15, -0.1) is 0 Å². The van der Waals surface area contributed by atoms with Gasteiger partial charge in [-0.05, 0) is 81.5 Å². The summed E-state index contributed by atoms with van der Waals surface area (Å²) in [5, 5.41) is 0. The van der Waals surface area contributed by atoms with Crippen LogP contribution >= 0.6 is 0 Å². The molecule has 0 aliphatic rings. The lowest BCUT2D eigenvalue weighted by Crippen LogP contribution is -2.26. The number of ether oxygens (including phenoxy) is 1. The average Bonchev–Trinajstić information content (AvgIpc) is 2.73. The van der Waals surface area contributed by atoms with Crippen LogP contribution in [0.5, 0.6) is 5.75 Å². The van der Waals surface area contributed by atoms with Crippen molar-refractivity contribution in [2.75, 3.05) is 38.1 Å². The van der Waals surface area contributed by atoms with Crippen LogP contribution in [0, 0.1) is 5.82 Å². The van der Waals surface area contributed by atoms with Crippen molar-refractivity contribution in [1.82, 2.24) is 4.90 Å². The van der Waals surface area contributed by atoms with Crippen molar-refractivity contribution in [1.29, 1.82) is 0 Å². The molecule has 0 heterocycles. The molecule has 29 heavy (non-hydrogen) atoms. The number of benzene rings is 2. The van der Waals surface area contributed by atoms with Gasteiger partial charge in [0.05, 0.1) is 17.2 Å². The molecule has 0 amide bonds. The van der Waals surface area contributed by atoms with Crippen molar-refractivity contribution >= 4 is 15.7 Å². The van der Waals surface area contributed by atoms with E-state index in [9.17, 15) is 12.8 Å². The number of halogens is 1. The molecule has 7 heteroatoms. The first-order valence-corrected chi connectivity index (χ1v) is 11.4. The molecule has 0 aromatic heterocycles. The predicted molar refractivity (Wildman–Crippen MR) is 116 cm³/mol. The van der Waals surface area contributed by atoms with E-state index >= 15 is 0 Å². The number of nitrogens with zero attached hydrogens (tertiary/aromatic N) is 2. The SMILES string of the molecule is CCN(C)CCCCCCOc1ccc(N(C)S(=O)(=O)c2ccc(F)cc2)cc1. The molecule has 0 aliphatic heterocycles. The fourth-order valence-corrected chi connectivity index (χ4v) is 4.04. The van der Waals surface area contributed by atoms with Crippen molar-refractivity contribution < 1.29 is 17.5 Å². The maximum absolute atomic E-state index is 13.1. The zero-order chi connectivity index (χ0) is 21.3. The highest BCUT2D eigenvalue weighted by atomic mass is 32.2. The summed E-state index contributed by atoms with van der Waals surface area (Å²) in [5.41, 5.74) is 0.515. The van der Waals surface area contributed by atoms with Crippen LogP contribution in [0.25, 0.3) is 0 Å². The minimum Gasteiger partial charge on any atom is -0.494 e. The summed E-state index contributed by atoms with van der Waals surface area (Å²) in [5.74, 6) is 0.244. The van der Waals surface area contributed by atoms with Gasteiger partial charge in [0.25, 0.3) is 10.0 Å². The number of anilines is 1. The Morgan fingerprint density at radius 2 is 1.52 bits per heavy atom. The highest BCUT2D eigenvalue weighted by molar-refractivity contribution is 7.92. The smallest absolute Gasteiger partial charge is 0.264 e. The molecule has 0 saturated heterocycles. The van der Waals surface area contributed by atoms with E-state index in [0.717, 1.165) is 38.1 Å². The van der Waals surface area contributed by atoms with Crippen LogP contribution in [0.15, 0.2) is 53.4 Å². The van der Waals surface area contributed by atoms with Crippen molar-refractivity contribution in [3.8, 4) is 5.75 Å². The number of rotatable bonds is 12.